The molecule has 118 valence electrons. The van der Waals surface area contributed by atoms with Crippen molar-refractivity contribution in [3.8, 4) is 0 Å². The zero-order valence-corrected chi connectivity index (χ0v) is 13.9. The summed E-state index contributed by atoms with van der Waals surface area (Å²) in [7, 11) is 0. The van der Waals surface area contributed by atoms with Gasteiger partial charge in [-0.05, 0) is 35.8 Å². The van der Waals surface area contributed by atoms with Crippen LogP contribution in [0, 0.1) is 0 Å². The van der Waals surface area contributed by atoms with Gasteiger partial charge in [-0.15, -0.1) is 11.3 Å². The van der Waals surface area contributed by atoms with Gasteiger partial charge in [-0.3, -0.25) is 9.59 Å². The molecule has 0 aliphatic carbocycles. The van der Waals surface area contributed by atoms with Crippen molar-refractivity contribution in [2.45, 2.75) is 19.8 Å². The van der Waals surface area contributed by atoms with Crippen LogP contribution in [0.2, 0.25) is 0 Å². The van der Waals surface area contributed by atoms with Gasteiger partial charge >= 0.3 is 0 Å². The van der Waals surface area contributed by atoms with Gasteiger partial charge < -0.3 is 16.4 Å². The largest absolute Gasteiger partial charge is 0.395 e. The fraction of sp³-hybridized carbons (Fsp3) is 0.357. The SMILES string of the molecule is CCCNC(=O)c1nsc(C(=O)NCCc2cccs2)c1N. The second kappa shape index (κ2) is 7.90. The van der Waals surface area contributed by atoms with Crippen LogP contribution in [0.15, 0.2) is 17.5 Å². The Morgan fingerprint density at radius 2 is 2.05 bits per heavy atom. The number of hydrogen-bond acceptors (Lipinski definition) is 6. The number of carbonyl (C=O) groups is 2. The van der Waals surface area contributed by atoms with Gasteiger partial charge in [0.1, 0.15) is 4.88 Å². The van der Waals surface area contributed by atoms with Crippen molar-refractivity contribution >= 4 is 40.4 Å². The van der Waals surface area contributed by atoms with Crippen molar-refractivity contribution in [2.24, 2.45) is 0 Å². The van der Waals surface area contributed by atoms with E-state index in [1.165, 1.54) is 4.88 Å². The fourth-order valence-electron chi connectivity index (χ4n) is 1.78. The normalized spacial score (nSPS) is 10.4. The lowest BCUT2D eigenvalue weighted by Gasteiger charge is -2.04. The van der Waals surface area contributed by atoms with E-state index in [0.717, 1.165) is 24.4 Å². The quantitative estimate of drug-likeness (QED) is 0.718. The highest BCUT2D eigenvalue weighted by Gasteiger charge is 2.21. The van der Waals surface area contributed by atoms with E-state index in [2.05, 4.69) is 15.0 Å². The van der Waals surface area contributed by atoms with Crippen LogP contribution in [-0.2, 0) is 6.42 Å². The molecule has 2 amide bonds. The molecular weight excluding hydrogens is 320 g/mol. The van der Waals surface area contributed by atoms with Crippen molar-refractivity contribution in [3.05, 3.63) is 33.0 Å². The Kier molecular flexibility index (Phi) is 5.91. The maximum absolute atomic E-state index is 12.1. The lowest BCUT2D eigenvalue weighted by molar-refractivity contribution is 0.0949. The first-order chi connectivity index (χ1) is 10.6. The number of nitrogen functional groups attached to an aromatic ring is 1. The average molecular weight is 338 g/mol. The number of anilines is 1. The number of nitrogens with one attached hydrogen (secondary N) is 2. The molecule has 0 unspecified atom stereocenters. The maximum Gasteiger partial charge on any atom is 0.273 e. The zero-order chi connectivity index (χ0) is 15.9. The first-order valence-electron chi connectivity index (χ1n) is 6.97. The standard InChI is InChI=1S/C14H18N4O2S2/c1-2-6-16-13(19)11-10(15)12(22-18-11)14(20)17-7-5-9-4-3-8-21-9/h3-4,8H,2,5-7,15H2,1H3,(H,16,19)(H,17,20). The molecular formula is C14H18N4O2S2. The summed E-state index contributed by atoms with van der Waals surface area (Å²) in [6.45, 7) is 3.03. The number of aromatic nitrogens is 1. The van der Waals surface area contributed by atoms with Gasteiger partial charge in [0.15, 0.2) is 5.69 Å². The summed E-state index contributed by atoms with van der Waals surface area (Å²) in [6.07, 6.45) is 1.60. The summed E-state index contributed by atoms with van der Waals surface area (Å²) in [6, 6.07) is 4.00. The summed E-state index contributed by atoms with van der Waals surface area (Å²) in [5.41, 5.74) is 6.14. The summed E-state index contributed by atoms with van der Waals surface area (Å²) >= 11 is 2.60. The van der Waals surface area contributed by atoms with E-state index in [-0.39, 0.29) is 28.1 Å². The second-order valence-corrected chi connectivity index (χ2v) is 6.42. The molecule has 0 fully saturated rings. The van der Waals surface area contributed by atoms with E-state index < -0.39 is 0 Å². The molecule has 0 aliphatic heterocycles. The number of hydrogen-bond donors (Lipinski definition) is 3. The molecule has 0 aliphatic rings. The molecule has 0 saturated carbocycles. The summed E-state index contributed by atoms with van der Waals surface area (Å²) in [5, 5.41) is 7.50. The third kappa shape index (κ3) is 4.05. The molecule has 22 heavy (non-hydrogen) atoms. The molecule has 0 bridgehead atoms. The first-order valence-corrected chi connectivity index (χ1v) is 8.62. The Morgan fingerprint density at radius 3 is 2.73 bits per heavy atom. The Morgan fingerprint density at radius 1 is 1.27 bits per heavy atom. The molecule has 2 aromatic heterocycles. The number of nitrogens with two attached hydrogens (primary N) is 1. The molecule has 0 saturated heterocycles. The van der Waals surface area contributed by atoms with Crippen LogP contribution >= 0.6 is 22.9 Å². The Bertz CT molecular complexity index is 637. The van der Waals surface area contributed by atoms with E-state index in [9.17, 15) is 9.59 Å². The molecule has 0 radical (unpaired) electrons. The van der Waals surface area contributed by atoms with Crippen molar-refractivity contribution in [1.29, 1.82) is 0 Å². The van der Waals surface area contributed by atoms with E-state index in [1.54, 1.807) is 11.3 Å². The molecule has 2 heterocycles. The highest BCUT2D eigenvalue weighted by atomic mass is 32.1. The number of amides is 2. The highest BCUT2D eigenvalue weighted by Crippen LogP contribution is 2.21. The number of thiophene rings is 1. The van der Waals surface area contributed by atoms with Crippen LogP contribution in [0.4, 0.5) is 5.69 Å². The predicted octanol–water partition coefficient (Wildman–Crippen LogP) is 1.90. The van der Waals surface area contributed by atoms with Gasteiger partial charge in [-0.25, -0.2) is 0 Å². The van der Waals surface area contributed by atoms with E-state index in [1.807, 2.05) is 24.4 Å². The number of nitrogens with zero attached hydrogens (tertiary/aromatic N) is 1. The minimum absolute atomic E-state index is 0.127. The molecule has 2 rings (SSSR count). The minimum Gasteiger partial charge on any atom is -0.395 e. The monoisotopic (exact) mass is 338 g/mol. The summed E-state index contributed by atoms with van der Waals surface area (Å²) in [5.74, 6) is -0.630. The van der Waals surface area contributed by atoms with Crippen LogP contribution in [0.3, 0.4) is 0 Å². The van der Waals surface area contributed by atoms with Gasteiger partial charge in [0.2, 0.25) is 0 Å². The third-order valence-corrected chi connectivity index (χ3v) is 4.72. The van der Waals surface area contributed by atoms with Gasteiger partial charge in [0.05, 0.1) is 5.69 Å². The summed E-state index contributed by atoms with van der Waals surface area (Å²) in [4.78, 5) is 25.4. The third-order valence-electron chi connectivity index (χ3n) is 2.92. The Hall–Kier alpha value is -1.93. The molecule has 6 nitrogen and oxygen atoms in total. The molecule has 0 atom stereocenters. The van der Waals surface area contributed by atoms with Crippen LogP contribution in [-0.4, -0.2) is 29.3 Å². The predicted molar refractivity (Wildman–Crippen MR) is 89.5 cm³/mol. The second-order valence-electron chi connectivity index (χ2n) is 4.62. The van der Waals surface area contributed by atoms with Gasteiger partial charge in [-0.1, -0.05) is 13.0 Å². The van der Waals surface area contributed by atoms with Crippen molar-refractivity contribution in [1.82, 2.24) is 15.0 Å². The smallest absolute Gasteiger partial charge is 0.273 e. The zero-order valence-electron chi connectivity index (χ0n) is 12.2. The van der Waals surface area contributed by atoms with Crippen molar-refractivity contribution < 1.29 is 9.59 Å². The first kappa shape index (κ1) is 16.4. The van der Waals surface area contributed by atoms with Crippen LogP contribution in [0.1, 0.15) is 38.4 Å². The van der Waals surface area contributed by atoms with Gasteiger partial charge in [-0.2, -0.15) is 4.37 Å². The topological polar surface area (TPSA) is 97.1 Å². The highest BCUT2D eigenvalue weighted by molar-refractivity contribution is 7.10. The Balaban J connectivity index is 1.92. The lowest BCUT2D eigenvalue weighted by atomic mass is 10.2. The minimum atomic E-state index is -0.340. The van der Waals surface area contributed by atoms with Crippen LogP contribution < -0.4 is 16.4 Å². The van der Waals surface area contributed by atoms with E-state index >= 15 is 0 Å². The number of carbonyl (C=O) groups excluding carboxylic acids is 2. The fourth-order valence-corrected chi connectivity index (χ4v) is 3.20. The van der Waals surface area contributed by atoms with Crippen molar-refractivity contribution in [3.63, 3.8) is 0 Å². The molecule has 0 aromatic carbocycles. The molecule has 4 N–H and O–H groups in total. The van der Waals surface area contributed by atoms with Gasteiger partial charge in [0.25, 0.3) is 11.8 Å². The van der Waals surface area contributed by atoms with Crippen LogP contribution in [0.5, 0.6) is 0 Å². The average Bonchev–Trinajstić information content (AvgIpc) is 3.14. The maximum atomic E-state index is 12.1. The molecule has 2 aromatic rings. The van der Waals surface area contributed by atoms with Gasteiger partial charge in [0, 0.05) is 18.0 Å². The van der Waals surface area contributed by atoms with Crippen LogP contribution in [0.25, 0.3) is 0 Å². The van der Waals surface area contributed by atoms with Crippen molar-refractivity contribution in [2.75, 3.05) is 18.8 Å². The van der Waals surface area contributed by atoms with E-state index in [0.29, 0.717) is 13.1 Å². The summed E-state index contributed by atoms with van der Waals surface area (Å²) < 4.78 is 3.99. The molecule has 8 heteroatoms. The van der Waals surface area contributed by atoms with E-state index in [4.69, 9.17) is 5.73 Å². The Labute approximate surface area is 136 Å². The molecule has 0 spiro atoms. The lowest BCUT2D eigenvalue weighted by Crippen LogP contribution is -2.27. The number of rotatable bonds is 7.